The third-order valence-corrected chi connectivity index (χ3v) is 8.83. The Kier molecular flexibility index (Phi) is 8.92. The summed E-state index contributed by atoms with van der Waals surface area (Å²) in [5, 5.41) is 1.89. The SMILES string of the molecule is CSC1O[C@H]([C@H](NC(=O)C(F)(F)F)[C@H](C)Sc2ccc(-c3cncnc3)cc2)C(C)[C@@H](C)[C@H]1C. The molecule has 1 aliphatic rings. The van der Waals surface area contributed by atoms with Gasteiger partial charge in [-0.2, -0.15) is 13.2 Å². The largest absolute Gasteiger partial charge is 0.471 e. The standard InChI is InChI=1S/C24H30F3N3O2S2/c1-13-14(2)21(32-22(33-5)15(13)3)20(30-23(31)24(25,26)27)16(4)34-19-8-6-17(7-9-19)18-10-28-12-29-11-18/h6-16,20-22H,1-5H3,(H,30,31)/t13-,14?,15-,16+,20-,21+,22?/m1/s1. The third-order valence-electron chi connectivity index (χ3n) is 6.61. The predicted molar refractivity (Wildman–Crippen MR) is 130 cm³/mol. The number of ether oxygens (including phenoxy) is 1. The van der Waals surface area contributed by atoms with Crippen LogP contribution in [0.25, 0.3) is 11.1 Å². The summed E-state index contributed by atoms with van der Waals surface area (Å²) in [5.41, 5.74) is 1.67. The molecule has 3 rings (SSSR count). The van der Waals surface area contributed by atoms with Crippen LogP contribution in [0.4, 0.5) is 13.2 Å². The number of hydrogen-bond donors (Lipinski definition) is 1. The van der Waals surface area contributed by atoms with Gasteiger partial charge in [0.25, 0.3) is 0 Å². The average molecular weight is 514 g/mol. The fourth-order valence-electron chi connectivity index (χ4n) is 4.27. The van der Waals surface area contributed by atoms with Gasteiger partial charge in [0.1, 0.15) is 11.8 Å². The topological polar surface area (TPSA) is 64.1 Å². The minimum Gasteiger partial charge on any atom is -0.362 e. The van der Waals surface area contributed by atoms with E-state index < -0.39 is 24.2 Å². The van der Waals surface area contributed by atoms with E-state index in [1.54, 1.807) is 24.2 Å². The van der Waals surface area contributed by atoms with Crippen LogP contribution in [-0.4, -0.2) is 51.1 Å². The van der Waals surface area contributed by atoms with Gasteiger partial charge in [0.2, 0.25) is 0 Å². The molecule has 0 bridgehead atoms. The zero-order chi connectivity index (χ0) is 25.0. The predicted octanol–water partition coefficient (Wildman–Crippen LogP) is 5.67. The molecule has 1 amide bonds. The maximum atomic E-state index is 13.2. The first-order chi connectivity index (χ1) is 16.0. The molecule has 2 heterocycles. The van der Waals surface area contributed by atoms with Crippen LogP contribution >= 0.6 is 23.5 Å². The number of amides is 1. The molecule has 1 aromatic carbocycles. The summed E-state index contributed by atoms with van der Waals surface area (Å²) in [4.78, 5) is 20.9. The van der Waals surface area contributed by atoms with Crippen LogP contribution in [0.1, 0.15) is 27.7 Å². The van der Waals surface area contributed by atoms with Crippen LogP contribution in [-0.2, 0) is 9.53 Å². The molecule has 2 unspecified atom stereocenters. The van der Waals surface area contributed by atoms with Gasteiger partial charge >= 0.3 is 12.1 Å². The van der Waals surface area contributed by atoms with E-state index in [1.165, 1.54) is 18.1 Å². The van der Waals surface area contributed by atoms with Crippen LogP contribution in [0.5, 0.6) is 0 Å². The van der Waals surface area contributed by atoms with Gasteiger partial charge in [-0.25, -0.2) is 9.97 Å². The second kappa shape index (κ2) is 11.3. The molecule has 1 aromatic heterocycles. The first kappa shape index (κ1) is 26.8. The second-order valence-electron chi connectivity index (χ2n) is 8.75. The van der Waals surface area contributed by atoms with Crippen LogP contribution in [0, 0.1) is 17.8 Å². The Morgan fingerprint density at radius 2 is 1.65 bits per heavy atom. The molecule has 0 aliphatic carbocycles. The highest BCUT2D eigenvalue weighted by Crippen LogP contribution is 2.42. The first-order valence-corrected chi connectivity index (χ1v) is 13.3. The summed E-state index contributed by atoms with van der Waals surface area (Å²) in [5.74, 6) is -1.49. The zero-order valence-electron chi connectivity index (χ0n) is 19.7. The fraction of sp³-hybridized carbons (Fsp3) is 0.542. The van der Waals surface area contributed by atoms with Gasteiger partial charge in [-0.1, -0.05) is 39.8 Å². The van der Waals surface area contributed by atoms with E-state index in [-0.39, 0.29) is 28.4 Å². The Bertz CT molecular complexity index is 945. The van der Waals surface area contributed by atoms with Crippen molar-refractivity contribution in [2.24, 2.45) is 17.8 Å². The van der Waals surface area contributed by atoms with Crippen molar-refractivity contribution in [2.45, 2.75) is 61.6 Å². The Hall–Kier alpha value is -1.78. The summed E-state index contributed by atoms with van der Waals surface area (Å²) in [6.07, 6.45) is 1.32. The van der Waals surface area contributed by atoms with Crippen LogP contribution < -0.4 is 5.32 Å². The van der Waals surface area contributed by atoms with Gasteiger partial charge in [-0.05, 0) is 41.7 Å². The van der Waals surface area contributed by atoms with Crippen molar-refractivity contribution in [1.82, 2.24) is 15.3 Å². The number of carbonyl (C=O) groups excluding carboxylic acids is 1. The van der Waals surface area contributed by atoms with Gasteiger partial charge < -0.3 is 10.1 Å². The number of hydrogen-bond acceptors (Lipinski definition) is 6. The van der Waals surface area contributed by atoms with Crippen molar-refractivity contribution in [1.29, 1.82) is 0 Å². The van der Waals surface area contributed by atoms with E-state index >= 15 is 0 Å². The van der Waals surface area contributed by atoms with E-state index in [9.17, 15) is 18.0 Å². The molecule has 5 nitrogen and oxygen atoms in total. The van der Waals surface area contributed by atoms with Gasteiger partial charge in [0.05, 0.1) is 12.1 Å². The van der Waals surface area contributed by atoms with E-state index in [4.69, 9.17) is 4.74 Å². The Morgan fingerprint density at radius 1 is 1.03 bits per heavy atom. The smallest absolute Gasteiger partial charge is 0.362 e. The maximum Gasteiger partial charge on any atom is 0.471 e. The molecule has 7 atom stereocenters. The third kappa shape index (κ3) is 6.26. The van der Waals surface area contributed by atoms with Crippen LogP contribution in [0.3, 0.4) is 0 Å². The molecule has 1 aliphatic heterocycles. The van der Waals surface area contributed by atoms with Gasteiger partial charge in [-0.3, -0.25) is 4.79 Å². The molecule has 10 heteroatoms. The lowest BCUT2D eigenvalue weighted by Crippen LogP contribution is -2.59. The van der Waals surface area contributed by atoms with Gasteiger partial charge in [0, 0.05) is 28.1 Å². The number of carbonyl (C=O) groups is 1. The van der Waals surface area contributed by atoms with E-state index in [1.807, 2.05) is 44.4 Å². The minimum atomic E-state index is -4.96. The van der Waals surface area contributed by atoms with Crippen molar-refractivity contribution in [3.8, 4) is 11.1 Å². The zero-order valence-corrected chi connectivity index (χ0v) is 21.4. The van der Waals surface area contributed by atoms with E-state index in [0.29, 0.717) is 0 Å². The molecule has 1 N–H and O–H groups in total. The van der Waals surface area contributed by atoms with Crippen LogP contribution in [0.15, 0.2) is 47.9 Å². The second-order valence-corrected chi connectivity index (χ2v) is 11.1. The number of nitrogens with one attached hydrogen (secondary N) is 1. The molecule has 186 valence electrons. The lowest BCUT2D eigenvalue weighted by molar-refractivity contribution is -0.177. The number of rotatable bonds is 7. The van der Waals surface area contributed by atoms with Crippen molar-refractivity contribution in [3.63, 3.8) is 0 Å². The fourth-order valence-corrected chi connectivity index (χ4v) is 6.28. The molecule has 0 radical (unpaired) electrons. The van der Waals surface area contributed by atoms with Crippen molar-refractivity contribution in [2.75, 3.05) is 6.26 Å². The number of alkyl halides is 3. The number of benzene rings is 1. The highest BCUT2D eigenvalue weighted by Gasteiger charge is 2.47. The number of thioether (sulfide) groups is 2. The monoisotopic (exact) mass is 513 g/mol. The highest BCUT2D eigenvalue weighted by molar-refractivity contribution is 8.00. The first-order valence-electron chi connectivity index (χ1n) is 11.1. The molecule has 0 saturated carbocycles. The van der Waals surface area contributed by atoms with Crippen molar-refractivity contribution in [3.05, 3.63) is 43.0 Å². The molecule has 1 fully saturated rings. The van der Waals surface area contributed by atoms with Crippen molar-refractivity contribution >= 4 is 29.4 Å². The molecule has 2 aromatic rings. The summed E-state index contributed by atoms with van der Waals surface area (Å²) < 4.78 is 45.8. The van der Waals surface area contributed by atoms with E-state index in [2.05, 4.69) is 29.1 Å². The summed E-state index contributed by atoms with van der Waals surface area (Å²) in [7, 11) is 0. The lowest BCUT2D eigenvalue weighted by Gasteiger charge is -2.47. The molecular weight excluding hydrogens is 483 g/mol. The molecule has 0 spiro atoms. The lowest BCUT2D eigenvalue weighted by atomic mass is 9.77. The number of aromatic nitrogens is 2. The number of nitrogens with zero attached hydrogens (tertiary/aromatic N) is 2. The summed E-state index contributed by atoms with van der Waals surface area (Å²) >= 11 is 2.96. The summed E-state index contributed by atoms with van der Waals surface area (Å²) in [6.45, 7) is 8.01. The van der Waals surface area contributed by atoms with E-state index in [0.717, 1.165) is 16.0 Å². The Labute approximate surface area is 207 Å². The highest BCUT2D eigenvalue weighted by atomic mass is 32.2. The van der Waals surface area contributed by atoms with Crippen molar-refractivity contribution < 1.29 is 22.7 Å². The van der Waals surface area contributed by atoms with Crippen LogP contribution in [0.2, 0.25) is 0 Å². The van der Waals surface area contributed by atoms with Gasteiger partial charge in [-0.15, -0.1) is 23.5 Å². The minimum absolute atomic E-state index is 0.0274. The maximum absolute atomic E-state index is 13.2. The normalized spacial score (nSPS) is 27.1. The Morgan fingerprint density at radius 3 is 2.21 bits per heavy atom. The molecule has 1 saturated heterocycles. The number of halogens is 3. The average Bonchev–Trinajstić information content (AvgIpc) is 2.82. The molecular formula is C24H30F3N3O2S2. The Balaban J connectivity index is 1.83. The molecule has 34 heavy (non-hydrogen) atoms. The summed E-state index contributed by atoms with van der Waals surface area (Å²) in [6, 6.07) is 6.84. The van der Waals surface area contributed by atoms with Gasteiger partial charge in [0.15, 0.2) is 0 Å². The quantitative estimate of drug-likeness (QED) is 0.482.